The average molecular weight is 210 g/mol. The van der Waals surface area contributed by atoms with Crippen molar-refractivity contribution in [2.24, 2.45) is 0 Å². The summed E-state index contributed by atoms with van der Waals surface area (Å²) in [4.78, 5) is 2.45. The van der Waals surface area contributed by atoms with E-state index in [-0.39, 0.29) is 6.04 Å². The summed E-state index contributed by atoms with van der Waals surface area (Å²) in [5, 5.41) is 3.36. The van der Waals surface area contributed by atoms with Gasteiger partial charge in [0.15, 0.2) is 0 Å². The van der Waals surface area contributed by atoms with Crippen molar-refractivity contribution in [3.63, 3.8) is 0 Å². The van der Waals surface area contributed by atoms with Gasteiger partial charge in [0.2, 0.25) is 0 Å². The second kappa shape index (κ2) is 7.70. The third-order valence-electron chi connectivity index (χ3n) is 2.75. The van der Waals surface area contributed by atoms with Crippen molar-refractivity contribution in [2.75, 3.05) is 39.4 Å². The van der Waals surface area contributed by atoms with Gasteiger partial charge in [-0.2, -0.15) is 0 Å². The Bertz CT molecular complexity index is 194. The van der Waals surface area contributed by atoms with E-state index in [1.165, 1.54) is 0 Å². The average Bonchev–Trinajstić information content (AvgIpc) is 2.31. The lowest BCUT2D eigenvalue weighted by Gasteiger charge is -2.26. The molecule has 1 heterocycles. The Hall–Kier alpha value is -0.560. The zero-order chi connectivity index (χ0) is 10.9. The molecule has 0 amide bonds. The predicted octanol–water partition coefficient (Wildman–Crippen LogP) is 0.710. The number of terminal acetylenes is 1. The zero-order valence-corrected chi connectivity index (χ0v) is 9.67. The Morgan fingerprint density at radius 3 is 2.80 bits per heavy atom. The molecule has 3 heteroatoms. The first-order valence-corrected chi connectivity index (χ1v) is 5.86. The van der Waals surface area contributed by atoms with Crippen LogP contribution in [-0.2, 0) is 4.74 Å². The van der Waals surface area contributed by atoms with Crippen LogP contribution >= 0.6 is 0 Å². The standard InChI is InChI=1S/C12H22N2O/c1-3-12(4-2)13-6-5-7-14-8-10-15-11-9-14/h1,12-13H,4-11H2,2H3. The molecule has 86 valence electrons. The summed E-state index contributed by atoms with van der Waals surface area (Å²) in [5.41, 5.74) is 0. The van der Waals surface area contributed by atoms with Crippen molar-refractivity contribution in [1.29, 1.82) is 0 Å². The van der Waals surface area contributed by atoms with E-state index in [2.05, 4.69) is 23.1 Å². The summed E-state index contributed by atoms with van der Waals surface area (Å²) in [6.07, 6.45) is 7.54. The van der Waals surface area contributed by atoms with Crippen LogP contribution in [0.2, 0.25) is 0 Å². The van der Waals surface area contributed by atoms with Crippen molar-refractivity contribution >= 4 is 0 Å². The third kappa shape index (κ3) is 5.17. The molecule has 1 saturated heterocycles. The van der Waals surface area contributed by atoms with E-state index >= 15 is 0 Å². The van der Waals surface area contributed by atoms with Crippen LogP contribution in [0.1, 0.15) is 19.8 Å². The molecular weight excluding hydrogens is 188 g/mol. The minimum absolute atomic E-state index is 0.245. The van der Waals surface area contributed by atoms with E-state index in [1.54, 1.807) is 0 Å². The molecular formula is C12H22N2O. The zero-order valence-electron chi connectivity index (χ0n) is 9.67. The minimum atomic E-state index is 0.245. The molecule has 0 radical (unpaired) electrons. The van der Waals surface area contributed by atoms with Gasteiger partial charge in [-0.05, 0) is 25.9 Å². The van der Waals surface area contributed by atoms with Crippen LogP contribution < -0.4 is 5.32 Å². The second-order valence-electron chi connectivity index (χ2n) is 3.89. The number of nitrogens with zero attached hydrogens (tertiary/aromatic N) is 1. The highest BCUT2D eigenvalue weighted by Gasteiger charge is 2.09. The monoisotopic (exact) mass is 210 g/mol. The van der Waals surface area contributed by atoms with Crippen LogP contribution in [0.15, 0.2) is 0 Å². The van der Waals surface area contributed by atoms with Crippen molar-refractivity contribution in [3.05, 3.63) is 0 Å². The molecule has 0 bridgehead atoms. The van der Waals surface area contributed by atoms with Crippen LogP contribution in [0.4, 0.5) is 0 Å². The summed E-state index contributed by atoms with van der Waals surface area (Å²) < 4.78 is 5.30. The van der Waals surface area contributed by atoms with Gasteiger partial charge < -0.3 is 10.1 Å². The van der Waals surface area contributed by atoms with E-state index in [4.69, 9.17) is 11.2 Å². The van der Waals surface area contributed by atoms with Crippen LogP contribution in [-0.4, -0.2) is 50.3 Å². The molecule has 1 N–H and O–H groups in total. The molecule has 15 heavy (non-hydrogen) atoms. The van der Waals surface area contributed by atoms with E-state index < -0.39 is 0 Å². The molecule has 3 nitrogen and oxygen atoms in total. The Labute approximate surface area is 93.2 Å². The Morgan fingerprint density at radius 1 is 1.47 bits per heavy atom. The summed E-state index contributed by atoms with van der Waals surface area (Å²) in [5.74, 6) is 2.75. The minimum Gasteiger partial charge on any atom is -0.379 e. The van der Waals surface area contributed by atoms with Crippen molar-refractivity contribution in [1.82, 2.24) is 10.2 Å². The summed E-state index contributed by atoms with van der Waals surface area (Å²) >= 11 is 0. The van der Waals surface area contributed by atoms with Gasteiger partial charge in [-0.25, -0.2) is 0 Å². The van der Waals surface area contributed by atoms with Gasteiger partial charge in [-0.3, -0.25) is 4.90 Å². The Morgan fingerprint density at radius 2 is 2.20 bits per heavy atom. The molecule has 0 aromatic carbocycles. The van der Waals surface area contributed by atoms with Gasteiger partial charge in [-0.15, -0.1) is 6.42 Å². The fraction of sp³-hybridized carbons (Fsp3) is 0.833. The smallest absolute Gasteiger partial charge is 0.0684 e. The van der Waals surface area contributed by atoms with Crippen LogP contribution in [0, 0.1) is 12.3 Å². The Kier molecular flexibility index (Phi) is 6.42. The first-order chi connectivity index (χ1) is 7.36. The highest BCUT2D eigenvalue weighted by atomic mass is 16.5. The molecule has 1 unspecified atom stereocenters. The Balaban J connectivity index is 1.98. The van der Waals surface area contributed by atoms with Gasteiger partial charge in [0.25, 0.3) is 0 Å². The van der Waals surface area contributed by atoms with E-state index in [0.29, 0.717) is 0 Å². The van der Waals surface area contributed by atoms with Gasteiger partial charge in [-0.1, -0.05) is 12.8 Å². The maximum absolute atomic E-state index is 5.37. The molecule has 0 aromatic heterocycles. The SMILES string of the molecule is C#CC(CC)NCCCN1CCOCC1. The predicted molar refractivity (Wildman–Crippen MR) is 62.8 cm³/mol. The quantitative estimate of drug-likeness (QED) is 0.516. The van der Waals surface area contributed by atoms with Crippen LogP contribution in [0.3, 0.4) is 0 Å². The van der Waals surface area contributed by atoms with E-state index in [9.17, 15) is 0 Å². The number of hydrogen-bond donors (Lipinski definition) is 1. The number of rotatable bonds is 6. The molecule has 1 fully saturated rings. The summed E-state index contributed by atoms with van der Waals surface area (Å²) in [6, 6.07) is 0.245. The van der Waals surface area contributed by atoms with Crippen LogP contribution in [0.5, 0.6) is 0 Å². The van der Waals surface area contributed by atoms with Crippen LogP contribution in [0.25, 0.3) is 0 Å². The molecule has 0 spiro atoms. The number of nitrogens with one attached hydrogen (secondary N) is 1. The van der Waals surface area contributed by atoms with Crippen molar-refractivity contribution < 1.29 is 4.74 Å². The summed E-state index contributed by atoms with van der Waals surface area (Å²) in [7, 11) is 0. The first kappa shape index (κ1) is 12.5. The molecule has 0 saturated carbocycles. The molecule has 1 aliphatic heterocycles. The van der Waals surface area contributed by atoms with Gasteiger partial charge in [0.1, 0.15) is 0 Å². The summed E-state index contributed by atoms with van der Waals surface area (Å²) in [6.45, 7) is 8.19. The number of hydrogen-bond acceptors (Lipinski definition) is 3. The number of morpholine rings is 1. The van der Waals surface area contributed by atoms with Gasteiger partial charge >= 0.3 is 0 Å². The third-order valence-corrected chi connectivity index (χ3v) is 2.75. The molecule has 0 aromatic rings. The molecule has 1 atom stereocenters. The normalized spacial score (nSPS) is 19.7. The topological polar surface area (TPSA) is 24.5 Å². The maximum Gasteiger partial charge on any atom is 0.0684 e. The highest BCUT2D eigenvalue weighted by Crippen LogP contribution is 1.97. The maximum atomic E-state index is 5.37. The van der Waals surface area contributed by atoms with Crippen molar-refractivity contribution in [2.45, 2.75) is 25.8 Å². The van der Waals surface area contributed by atoms with E-state index in [0.717, 1.165) is 52.2 Å². The molecule has 1 rings (SSSR count). The number of ether oxygens (including phenoxy) is 1. The lowest BCUT2D eigenvalue weighted by atomic mass is 10.2. The largest absolute Gasteiger partial charge is 0.379 e. The van der Waals surface area contributed by atoms with Crippen molar-refractivity contribution in [3.8, 4) is 12.3 Å². The lowest BCUT2D eigenvalue weighted by Crippen LogP contribution is -2.38. The molecule has 0 aliphatic carbocycles. The van der Waals surface area contributed by atoms with Gasteiger partial charge in [0.05, 0.1) is 19.3 Å². The molecule has 1 aliphatic rings. The van der Waals surface area contributed by atoms with E-state index in [1.807, 2.05) is 0 Å². The fourth-order valence-electron chi connectivity index (χ4n) is 1.72. The van der Waals surface area contributed by atoms with Gasteiger partial charge in [0, 0.05) is 13.1 Å². The fourth-order valence-corrected chi connectivity index (χ4v) is 1.72. The second-order valence-corrected chi connectivity index (χ2v) is 3.89. The lowest BCUT2D eigenvalue weighted by molar-refractivity contribution is 0.0374. The first-order valence-electron chi connectivity index (χ1n) is 5.86. The highest BCUT2D eigenvalue weighted by molar-refractivity contribution is 4.97.